The van der Waals surface area contributed by atoms with Crippen LogP contribution in [0.15, 0.2) is 29.6 Å². The van der Waals surface area contributed by atoms with Crippen molar-refractivity contribution in [2.45, 2.75) is 37.7 Å². The van der Waals surface area contributed by atoms with Crippen molar-refractivity contribution in [1.29, 1.82) is 0 Å². The zero-order valence-corrected chi connectivity index (χ0v) is 11.8. The van der Waals surface area contributed by atoms with Gasteiger partial charge >= 0.3 is 0 Å². The van der Waals surface area contributed by atoms with E-state index in [-0.39, 0.29) is 12.3 Å². The molecule has 2 unspecified atom stereocenters. The molecule has 3 rings (SSSR count). The van der Waals surface area contributed by atoms with Crippen LogP contribution in [0, 0.1) is 11.6 Å². The Morgan fingerprint density at radius 1 is 1.30 bits per heavy atom. The second kappa shape index (κ2) is 5.62. The SMILES string of the molecule is OC(Cc1ccc(F)cc1F)C1CCCc2sccc21. The molecule has 2 aromatic rings. The van der Waals surface area contributed by atoms with E-state index in [9.17, 15) is 13.9 Å². The van der Waals surface area contributed by atoms with Gasteiger partial charge in [0.05, 0.1) is 6.10 Å². The summed E-state index contributed by atoms with van der Waals surface area (Å²) < 4.78 is 26.6. The molecule has 0 fully saturated rings. The van der Waals surface area contributed by atoms with Crippen molar-refractivity contribution in [3.8, 4) is 0 Å². The van der Waals surface area contributed by atoms with Crippen LogP contribution in [0.2, 0.25) is 0 Å². The molecule has 1 aliphatic rings. The van der Waals surface area contributed by atoms with E-state index in [2.05, 4.69) is 6.07 Å². The van der Waals surface area contributed by atoms with Crippen molar-refractivity contribution in [2.75, 3.05) is 0 Å². The van der Waals surface area contributed by atoms with Crippen molar-refractivity contribution in [1.82, 2.24) is 0 Å². The molecule has 0 aliphatic heterocycles. The molecule has 4 heteroatoms. The van der Waals surface area contributed by atoms with Crippen LogP contribution in [-0.2, 0) is 12.8 Å². The Bertz CT molecular complexity index is 608. The summed E-state index contributed by atoms with van der Waals surface area (Å²) >= 11 is 1.72. The van der Waals surface area contributed by atoms with Gasteiger partial charge in [0.1, 0.15) is 11.6 Å². The van der Waals surface area contributed by atoms with Gasteiger partial charge in [-0.25, -0.2) is 8.78 Å². The number of fused-ring (bicyclic) bond motifs is 1. The van der Waals surface area contributed by atoms with Crippen LogP contribution in [0.1, 0.15) is 34.8 Å². The molecule has 2 atom stereocenters. The third-order valence-electron chi connectivity index (χ3n) is 4.01. The third-order valence-corrected chi connectivity index (χ3v) is 5.00. The normalized spacial score (nSPS) is 19.6. The highest BCUT2D eigenvalue weighted by Crippen LogP contribution is 2.37. The quantitative estimate of drug-likeness (QED) is 0.905. The molecule has 0 spiro atoms. The number of hydrogen-bond acceptors (Lipinski definition) is 2. The summed E-state index contributed by atoms with van der Waals surface area (Å²) in [7, 11) is 0. The Morgan fingerprint density at radius 3 is 2.95 bits per heavy atom. The summed E-state index contributed by atoms with van der Waals surface area (Å²) in [6, 6.07) is 5.60. The lowest BCUT2D eigenvalue weighted by atomic mass is 9.82. The smallest absolute Gasteiger partial charge is 0.129 e. The average Bonchev–Trinajstić information content (AvgIpc) is 2.90. The molecule has 0 amide bonds. The van der Waals surface area contributed by atoms with Crippen LogP contribution in [0.5, 0.6) is 0 Å². The summed E-state index contributed by atoms with van der Waals surface area (Å²) in [5, 5.41) is 12.5. The molecule has 1 heterocycles. The standard InChI is InChI=1S/C16H16F2OS/c17-11-5-4-10(14(18)9-11)8-15(19)12-2-1-3-16-13(12)6-7-20-16/h4-7,9,12,15,19H,1-3,8H2. The van der Waals surface area contributed by atoms with Crippen molar-refractivity contribution in [3.63, 3.8) is 0 Å². The van der Waals surface area contributed by atoms with Gasteiger partial charge in [-0.05, 0) is 47.9 Å². The number of halogens is 2. The Balaban J connectivity index is 1.79. The van der Waals surface area contributed by atoms with Crippen LogP contribution in [0.25, 0.3) is 0 Å². The number of aryl methyl sites for hydroxylation is 1. The maximum absolute atomic E-state index is 13.7. The average molecular weight is 294 g/mol. The van der Waals surface area contributed by atoms with E-state index in [4.69, 9.17) is 0 Å². The first kappa shape index (κ1) is 13.7. The van der Waals surface area contributed by atoms with E-state index in [1.807, 2.05) is 5.38 Å². The lowest BCUT2D eigenvalue weighted by molar-refractivity contribution is 0.134. The third kappa shape index (κ3) is 2.63. The van der Waals surface area contributed by atoms with Crippen LogP contribution in [0.4, 0.5) is 8.78 Å². The number of benzene rings is 1. The molecule has 20 heavy (non-hydrogen) atoms. The predicted molar refractivity (Wildman–Crippen MR) is 76.1 cm³/mol. The molecule has 1 aliphatic carbocycles. The second-order valence-electron chi connectivity index (χ2n) is 5.31. The largest absolute Gasteiger partial charge is 0.392 e. The van der Waals surface area contributed by atoms with Gasteiger partial charge in [0.15, 0.2) is 0 Å². The molecular formula is C16H16F2OS. The first-order chi connectivity index (χ1) is 9.65. The molecule has 1 aromatic heterocycles. The highest BCUT2D eigenvalue weighted by Gasteiger charge is 2.28. The molecule has 1 N–H and O–H groups in total. The van der Waals surface area contributed by atoms with Gasteiger partial charge in [0.2, 0.25) is 0 Å². The molecule has 1 aromatic carbocycles. The lowest BCUT2D eigenvalue weighted by Crippen LogP contribution is -2.24. The summed E-state index contributed by atoms with van der Waals surface area (Å²) in [5.74, 6) is -1.10. The number of aliphatic hydroxyl groups is 1. The second-order valence-corrected chi connectivity index (χ2v) is 6.31. The molecule has 1 nitrogen and oxygen atoms in total. The van der Waals surface area contributed by atoms with Gasteiger partial charge < -0.3 is 5.11 Å². The van der Waals surface area contributed by atoms with Gasteiger partial charge in [0, 0.05) is 23.3 Å². The van der Waals surface area contributed by atoms with Crippen LogP contribution < -0.4 is 0 Å². The van der Waals surface area contributed by atoms with Gasteiger partial charge in [-0.2, -0.15) is 0 Å². The van der Waals surface area contributed by atoms with E-state index in [1.165, 1.54) is 22.6 Å². The van der Waals surface area contributed by atoms with Crippen LogP contribution >= 0.6 is 11.3 Å². The van der Waals surface area contributed by atoms with Crippen LogP contribution in [0.3, 0.4) is 0 Å². The number of thiophene rings is 1. The maximum Gasteiger partial charge on any atom is 0.129 e. The Kier molecular flexibility index (Phi) is 3.85. The van der Waals surface area contributed by atoms with Crippen LogP contribution in [-0.4, -0.2) is 11.2 Å². The van der Waals surface area contributed by atoms with Gasteiger partial charge in [-0.15, -0.1) is 11.3 Å². The molecule has 0 bridgehead atoms. The van der Waals surface area contributed by atoms with E-state index in [0.717, 1.165) is 25.3 Å². The summed E-state index contributed by atoms with van der Waals surface area (Å²) in [6.07, 6.45) is 2.66. The first-order valence-corrected chi connectivity index (χ1v) is 7.71. The Labute approximate surface area is 120 Å². The molecule has 0 saturated carbocycles. The predicted octanol–water partition coefficient (Wildman–Crippen LogP) is 4.05. The summed E-state index contributed by atoms with van der Waals surface area (Å²) in [5.41, 5.74) is 1.58. The summed E-state index contributed by atoms with van der Waals surface area (Å²) in [4.78, 5) is 1.33. The van der Waals surface area contributed by atoms with Gasteiger partial charge in [-0.1, -0.05) is 6.07 Å². The monoisotopic (exact) mass is 294 g/mol. The topological polar surface area (TPSA) is 20.2 Å². The van der Waals surface area contributed by atoms with Gasteiger partial charge in [-0.3, -0.25) is 0 Å². The molecule has 106 valence electrons. The van der Waals surface area contributed by atoms with Crippen molar-refractivity contribution >= 4 is 11.3 Å². The fourth-order valence-corrected chi connectivity index (χ4v) is 3.97. The van der Waals surface area contributed by atoms with E-state index in [1.54, 1.807) is 11.3 Å². The number of aliphatic hydroxyl groups excluding tert-OH is 1. The Hall–Kier alpha value is -1.26. The lowest BCUT2D eigenvalue weighted by Gasteiger charge is -2.27. The molecule has 0 saturated heterocycles. The highest BCUT2D eigenvalue weighted by atomic mass is 32.1. The molecule has 0 radical (unpaired) electrons. The fourth-order valence-electron chi connectivity index (χ4n) is 2.98. The number of hydrogen-bond donors (Lipinski definition) is 1. The molecular weight excluding hydrogens is 278 g/mol. The highest BCUT2D eigenvalue weighted by molar-refractivity contribution is 7.10. The fraction of sp³-hybridized carbons (Fsp3) is 0.375. The zero-order chi connectivity index (χ0) is 14.1. The van der Waals surface area contributed by atoms with E-state index in [0.29, 0.717) is 5.56 Å². The first-order valence-electron chi connectivity index (χ1n) is 6.83. The van der Waals surface area contributed by atoms with E-state index < -0.39 is 17.7 Å². The zero-order valence-electron chi connectivity index (χ0n) is 11.0. The Morgan fingerprint density at radius 2 is 2.15 bits per heavy atom. The minimum absolute atomic E-state index is 0.0643. The minimum atomic E-state index is -0.622. The van der Waals surface area contributed by atoms with E-state index >= 15 is 0 Å². The maximum atomic E-state index is 13.7. The number of rotatable bonds is 3. The van der Waals surface area contributed by atoms with Crippen molar-refractivity contribution in [3.05, 3.63) is 57.3 Å². The van der Waals surface area contributed by atoms with Crippen molar-refractivity contribution in [2.24, 2.45) is 0 Å². The minimum Gasteiger partial charge on any atom is -0.392 e. The van der Waals surface area contributed by atoms with Gasteiger partial charge in [0.25, 0.3) is 0 Å². The van der Waals surface area contributed by atoms with Crippen molar-refractivity contribution < 1.29 is 13.9 Å². The summed E-state index contributed by atoms with van der Waals surface area (Å²) in [6.45, 7) is 0.